The predicted octanol–water partition coefficient (Wildman–Crippen LogP) is 3.29. The topological polar surface area (TPSA) is 96.4 Å². The van der Waals surface area contributed by atoms with E-state index < -0.39 is 5.60 Å². The highest BCUT2D eigenvalue weighted by Gasteiger charge is 2.27. The molecule has 1 aromatic heterocycles. The normalized spacial score (nSPS) is 14.8. The van der Waals surface area contributed by atoms with Crippen LogP contribution in [0.1, 0.15) is 45.6 Å². The molecule has 1 aromatic rings. The minimum Gasteiger partial charge on any atom is -0.469 e. The zero-order valence-corrected chi connectivity index (χ0v) is 22.7. The van der Waals surface area contributed by atoms with Gasteiger partial charge in [0, 0.05) is 45.6 Å². The van der Waals surface area contributed by atoms with Gasteiger partial charge in [0.05, 0.1) is 19.6 Å². The second-order valence-electron chi connectivity index (χ2n) is 8.88. The number of rotatable bonds is 7. The van der Waals surface area contributed by atoms with Crippen molar-refractivity contribution < 1.29 is 19.1 Å². The maximum absolute atomic E-state index is 12.7. The van der Waals surface area contributed by atoms with Crippen LogP contribution in [0.4, 0.5) is 4.79 Å². The van der Waals surface area contributed by atoms with Crippen LogP contribution in [0.15, 0.2) is 29.5 Å². The number of carbonyl (C=O) groups excluding carboxylic acids is 2. The van der Waals surface area contributed by atoms with Crippen molar-refractivity contribution in [2.24, 2.45) is 10.9 Å². The minimum absolute atomic E-state index is 0. The van der Waals surface area contributed by atoms with Crippen LogP contribution >= 0.6 is 24.0 Å². The Kier molecular flexibility index (Phi) is 12.5. The zero-order chi connectivity index (χ0) is 23.6. The van der Waals surface area contributed by atoms with Crippen LogP contribution < -0.4 is 5.32 Å². The van der Waals surface area contributed by atoms with Crippen LogP contribution in [-0.4, -0.2) is 78.7 Å². The van der Waals surface area contributed by atoms with E-state index in [1.165, 1.54) is 7.11 Å². The molecule has 0 radical (unpaired) electrons. The number of methoxy groups -OCH3 is 1. The van der Waals surface area contributed by atoms with Gasteiger partial charge in [0.15, 0.2) is 5.96 Å². The first kappa shape index (κ1) is 28.9. The van der Waals surface area contributed by atoms with Gasteiger partial charge in [0.25, 0.3) is 0 Å². The second kappa shape index (κ2) is 14.2. The Morgan fingerprint density at radius 1 is 1.30 bits per heavy atom. The molecule has 0 aromatic carbocycles. The number of aliphatic imine (C=N–C) groups is 1. The minimum atomic E-state index is -0.555. The molecule has 0 bridgehead atoms. The standard InChI is InChI=1S/C23H37N5O4.HI/c1-23(2,3)32-22(30)28(17-18-8-6-11-25-16-18)13-7-12-26-21(24-4)27-14-9-19(10-15-27)20(29)31-5;/h6,8,11,16,19H,7,9-10,12-15,17H2,1-5H3,(H,24,26);1H. The SMILES string of the molecule is CN=C(NCCCN(Cc1cccnc1)C(=O)OC(C)(C)C)N1CCC(C(=O)OC)CC1.I. The molecule has 1 aliphatic heterocycles. The molecule has 1 saturated heterocycles. The Morgan fingerprint density at radius 3 is 2.55 bits per heavy atom. The number of carbonyl (C=O) groups is 2. The predicted molar refractivity (Wildman–Crippen MR) is 139 cm³/mol. The molecule has 186 valence electrons. The largest absolute Gasteiger partial charge is 0.469 e. The number of likely N-dealkylation sites (tertiary alicyclic amines) is 1. The first-order chi connectivity index (χ1) is 15.2. The fraction of sp³-hybridized carbons (Fsp3) is 0.652. The van der Waals surface area contributed by atoms with Gasteiger partial charge in [-0.05, 0) is 51.7 Å². The number of piperidine rings is 1. The van der Waals surface area contributed by atoms with Gasteiger partial charge in [-0.2, -0.15) is 0 Å². The van der Waals surface area contributed by atoms with Crippen LogP contribution in [0.2, 0.25) is 0 Å². The zero-order valence-electron chi connectivity index (χ0n) is 20.4. The number of guanidine groups is 1. The van der Waals surface area contributed by atoms with E-state index in [2.05, 4.69) is 20.2 Å². The van der Waals surface area contributed by atoms with E-state index in [1.54, 1.807) is 24.3 Å². The summed E-state index contributed by atoms with van der Waals surface area (Å²) in [5.41, 5.74) is 0.400. The van der Waals surface area contributed by atoms with Crippen LogP contribution in [0, 0.1) is 5.92 Å². The van der Waals surface area contributed by atoms with Gasteiger partial charge in [-0.3, -0.25) is 14.8 Å². The highest BCUT2D eigenvalue weighted by Crippen LogP contribution is 2.18. The fourth-order valence-corrected chi connectivity index (χ4v) is 3.57. The van der Waals surface area contributed by atoms with E-state index in [-0.39, 0.29) is 42.0 Å². The molecule has 0 aliphatic carbocycles. The molecule has 2 heterocycles. The number of halogens is 1. The summed E-state index contributed by atoms with van der Waals surface area (Å²) in [5, 5.41) is 3.37. The number of amides is 1. The smallest absolute Gasteiger partial charge is 0.410 e. The number of nitrogens with zero attached hydrogens (tertiary/aromatic N) is 4. The van der Waals surface area contributed by atoms with E-state index in [4.69, 9.17) is 9.47 Å². The Morgan fingerprint density at radius 2 is 2.00 bits per heavy atom. The van der Waals surface area contributed by atoms with E-state index in [0.29, 0.717) is 19.6 Å². The molecular formula is C23H38IN5O4. The van der Waals surface area contributed by atoms with Gasteiger partial charge in [0.2, 0.25) is 0 Å². The highest BCUT2D eigenvalue weighted by molar-refractivity contribution is 14.0. The number of hydrogen-bond donors (Lipinski definition) is 1. The maximum atomic E-state index is 12.7. The fourth-order valence-electron chi connectivity index (χ4n) is 3.57. The molecule has 1 amide bonds. The van der Waals surface area contributed by atoms with Gasteiger partial charge in [-0.15, -0.1) is 24.0 Å². The van der Waals surface area contributed by atoms with Crippen molar-refractivity contribution in [3.63, 3.8) is 0 Å². The lowest BCUT2D eigenvalue weighted by Crippen LogP contribution is -2.47. The van der Waals surface area contributed by atoms with Crippen molar-refractivity contribution in [1.82, 2.24) is 20.1 Å². The summed E-state index contributed by atoms with van der Waals surface area (Å²) in [6, 6.07) is 3.81. The Balaban J connectivity index is 0.00000544. The van der Waals surface area contributed by atoms with Crippen molar-refractivity contribution in [2.75, 3.05) is 40.3 Å². The quantitative estimate of drug-likeness (QED) is 0.175. The van der Waals surface area contributed by atoms with Crippen molar-refractivity contribution in [3.8, 4) is 0 Å². The third-order valence-corrected chi connectivity index (χ3v) is 5.18. The third kappa shape index (κ3) is 10.1. The third-order valence-electron chi connectivity index (χ3n) is 5.18. The average Bonchev–Trinajstić information content (AvgIpc) is 2.77. The molecule has 9 nitrogen and oxygen atoms in total. The van der Waals surface area contributed by atoms with Crippen molar-refractivity contribution in [2.45, 2.75) is 52.2 Å². The molecule has 1 aliphatic rings. The number of aromatic nitrogens is 1. The van der Waals surface area contributed by atoms with Crippen molar-refractivity contribution in [3.05, 3.63) is 30.1 Å². The van der Waals surface area contributed by atoms with Gasteiger partial charge in [0.1, 0.15) is 5.60 Å². The first-order valence-corrected chi connectivity index (χ1v) is 11.1. The molecule has 33 heavy (non-hydrogen) atoms. The van der Waals surface area contributed by atoms with Gasteiger partial charge < -0.3 is 24.6 Å². The molecule has 2 rings (SSSR count). The summed E-state index contributed by atoms with van der Waals surface area (Å²) in [5.74, 6) is 0.636. The van der Waals surface area contributed by atoms with Crippen LogP contribution in [0.5, 0.6) is 0 Å². The van der Waals surface area contributed by atoms with Crippen molar-refractivity contribution >= 4 is 42.0 Å². The molecule has 10 heteroatoms. The van der Waals surface area contributed by atoms with Gasteiger partial charge in [-0.25, -0.2) is 4.79 Å². The summed E-state index contributed by atoms with van der Waals surface area (Å²) in [4.78, 5) is 36.8. The molecule has 0 saturated carbocycles. The first-order valence-electron chi connectivity index (χ1n) is 11.1. The Hall–Kier alpha value is -2.11. The Bertz CT molecular complexity index is 762. The van der Waals surface area contributed by atoms with Crippen molar-refractivity contribution in [1.29, 1.82) is 0 Å². The molecular weight excluding hydrogens is 537 g/mol. The van der Waals surface area contributed by atoms with Crippen LogP contribution in [-0.2, 0) is 20.8 Å². The van der Waals surface area contributed by atoms with E-state index >= 15 is 0 Å². The summed E-state index contributed by atoms with van der Waals surface area (Å²) in [7, 11) is 3.19. The lowest BCUT2D eigenvalue weighted by Gasteiger charge is -2.33. The molecule has 0 spiro atoms. The number of esters is 1. The van der Waals surface area contributed by atoms with Crippen LogP contribution in [0.3, 0.4) is 0 Å². The molecule has 0 atom stereocenters. The maximum Gasteiger partial charge on any atom is 0.410 e. The number of nitrogens with one attached hydrogen (secondary N) is 1. The second-order valence-corrected chi connectivity index (χ2v) is 8.88. The summed E-state index contributed by atoms with van der Waals surface area (Å²) >= 11 is 0. The molecule has 1 N–H and O–H groups in total. The summed E-state index contributed by atoms with van der Waals surface area (Å²) in [6.45, 7) is 8.74. The van der Waals surface area contributed by atoms with Crippen LogP contribution in [0.25, 0.3) is 0 Å². The molecule has 0 unspecified atom stereocenters. The monoisotopic (exact) mass is 575 g/mol. The lowest BCUT2D eigenvalue weighted by atomic mass is 9.97. The average molecular weight is 575 g/mol. The highest BCUT2D eigenvalue weighted by atomic mass is 127. The number of ether oxygens (including phenoxy) is 2. The molecule has 1 fully saturated rings. The van der Waals surface area contributed by atoms with Gasteiger partial charge >= 0.3 is 12.1 Å². The van der Waals surface area contributed by atoms with Gasteiger partial charge in [-0.1, -0.05) is 6.07 Å². The summed E-state index contributed by atoms with van der Waals surface area (Å²) < 4.78 is 10.4. The Labute approximate surface area is 214 Å². The summed E-state index contributed by atoms with van der Waals surface area (Å²) in [6.07, 6.45) is 5.38. The van der Waals surface area contributed by atoms with E-state index in [9.17, 15) is 9.59 Å². The van der Waals surface area contributed by atoms with E-state index in [1.807, 2.05) is 32.9 Å². The number of pyridine rings is 1. The van der Waals surface area contributed by atoms with E-state index in [0.717, 1.165) is 43.9 Å². The number of hydrogen-bond acceptors (Lipinski definition) is 6. The lowest BCUT2D eigenvalue weighted by molar-refractivity contribution is -0.146.